The van der Waals surface area contributed by atoms with Gasteiger partial charge in [-0.15, -0.1) is 0 Å². The first-order chi connectivity index (χ1) is 17.0. The van der Waals surface area contributed by atoms with Crippen LogP contribution in [0.4, 0.5) is 11.6 Å². The Balaban J connectivity index is 1.58. The summed E-state index contributed by atoms with van der Waals surface area (Å²) in [6.07, 6.45) is 1.57. The third kappa shape index (κ3) is 6.62. The van der Waals surface area contributed by atoms with Crippen molar-refractivity contribution in [1.82, 2.24) is 25.3 Å². The maximum atomic E-state index is 12.6. The number of H-pyrrole nitrogens is 1. The fourth-order valence-electron chi connectivity index (χ4n) is 3.37. The molecular formula is C24H29N7O5. The number of hydrogen-bond donors (Lipinski definition) is 5. The van der Waals surface area contributed by atoms with Crippen molar-refractivity contribution in [2.75, 3.05) is 11.1 Å². The molecule has 0 radical (unpaired) electrons. The predicted molar refractivity (Wildman–Crippen MR) is 133 cm³/mol. The number of nitrogen functional groups attached to an aromatic ring is 1. The van der Waals surface area contributed by atoms with E-state index >= 15 is 0 Å². The number of aromatic amines is 1. The zero-order chi connectivity index (χ0) is 26.4. The molecule has 2 aromatic heterocycles. The van der Waals surface area contributed by atoms with Gasteiger partial charge in [0.2, 0.25) is 5.95 Å². The Bertz CT molecular complexity index is 1320. The van der Waals surface area contributed by atoms with Gasteiger partial charge >= 0.3 is 5.97 Å². The number of aliphatic carboxylic acids is 1. The summed E-state index contributed by atoms with van der Waals surface area (Å²) in [5.74, 6) is -1.82. The highest BCUT2D eigenvalue weighted by molar-refractivity contribution is 5.97. The number of carboxylic acids is 1. The fourth-order valence-corrected chi connectivity index (χ4v) is 3.37. The van der Waals surface area contributed by atoms with Crippen LogP contribution in [0, 0.1) is 11.8 Å². The number of carbonyl (C=O) groups excluding carboxylic acids is 2. The molecule has 2 heterocycles. The zero-order valence-corrected chi connectivity index (χ0v) is 20.2. The van der Waals surface area contributed by atoms with Gasteiger partial charge in [0.05, 0.1) is 18.4 Å². The van der Waals surface area contributed by atoms with Crippen LogP contribution >= 0.6 is 0 Å². The lowest BCUT2D eigenvalue weighted by molar-refractivity contribution is -0.139. The molecule has 190 valence electrons. The summed E-state index contributed by atoms with van der Waals surface area (Å²) in [5.41, 5.74) is 6.67. The number of benzene rings is 1. The summed E-state index contributed by atoms with van der Waals surface area (Å²) < 4.78 is 0. The minimum atomic E-state index is -1.19. The molecular weight excluding hydrogens is 466 g/mol. The van der Waals surface area contributed by atoms with E-state index in [1.54, 1.807) is 24.3 Å². The molecule has 0 saturated heterocycles. The molecule has 0 spiro atoms. The Morgan fingerprint density at radius 2 is 1.81 bits per heavy atom. The van der Waals surface area contributed by atoms with Gasteiger partial charge in [0.25, 0.3) is 11.5 Å². The number of nitrogens with two attached hydrogens (primary N) is 1. The summed E-state index contributed by atoms with van der Waals surface area (Å²) in [4.78, 5) is 63.0. The van der Waals surface area contributed by atoms with Crippen molar-refractivity contribution in [3.8, 4) is 0 Å². The molecule has 0 aliphatic carbocycles. The van der Waals surface area contributed by atoms with E-state index in [-0.39, 0.29) is 59.7 Å². The van der Waals surface area contributed by atoms with Crippen LogP contribution in [0.5, 0.6) is 0 Å². The zero-order valence-electron chi connectivity index (χ0n) is 20.2. The van der Waals surface area contributed by atoms with E-state index in [0.717, 1.165) is 0 Å². The molecule has 0 fully saturated rings. The smallest absolute Gasteiger partial charge is 0.326 e. The molecule has 36 heavy (non-hydrogen) atoms. The van der Waals surface area contributed by atoms with Crippen LogP contribution in [0.15, 0.2) is 35.3 Å². The average molecular weight is 496 g/mol. The van der Waals surface area contributed by atoms with E-state index in [1.165, 1.54) is 6.20 Å². The summed E-state index contributed by atoms with van der Waals surface area (Å²) in [7, 11) is 0. The fraction of sp³-hybridized carbons (Fsp3) is 0.375. The van der Waals surface area contributed by atoms with Crippen LogP contribution in [0.2, 0.25) is 0 Å². The Labute approximate surface area is 206 Å². The topological polar surface area (TPSA) is 193 Å². The van der Waals surface area contributed by atoms with Crippen LogP contribution in [-0.4, -0.2) is 48.7 Å². The van der Waals surface area contributed by atoms with Crippen molar-refractivity contribution >= 4 is 40.5 Å². The van der Waals surface area contributed by atoms with E-state index in [9.17, 15) is 24.3 Å². The number of ketones is 1. The van der Waals surface area contributed by atoms with Crippen LogP contribution in [0.1, 0.15) is 49.7 Å². The number of amides is 1. The predicted octanol–water partition coefficient (Wildman–Crippen LogP) is 1.73. The highest BCUT2D eigenvalue weighted by atomic mass is 16.4. The maximum Gasteiger partial charge on any atom is 0.326 e. The van der Waals surface area contributed by atoms with Gasteiger partial charge in [-0.1, -0.05) is 20.8 Å². The van der Waals surface area contributed by atoms with Crippen molar-refractivity contribution in [1.29, 1.82) is 0 Å². The molecule has 1 amide bonds. The molecule has 2 atom stereocenters. The van der Waals surface area contributed by atoms with Crippen LogP contribution in [0.3, 0.4) is 0 Å². The SMILES string of the molecule is CC(C)C(C)C(=O)CCC(NC(=O)c1ccc(NCc2cnc3nc(N)[nH]c(=O)c3n2)cc1)C(=O)O. The molecule has 12 nitrogen and oxygen atoms in total. The van der Waals surface area contributed by atoms with Gasteiger partial charge in [-0.2, -0.15) is 4.98 Å². The number of rotatable bonds is 11. The van der Waals surface area contributed by atoms with Crippen molar-refractivity contribution in [2.24, 2.45) is 11.8 Å². The minimum absolute atomic E-state index is 0.0222. The first-order valence-electron chi connectivity index (χ1n) is 11.5. The molecule has 12 heteroatoms. The number of hydrogen-bond acceptors (Lipinski definition) is 9. The van der Waals surface area contributed by atoms with E-state index in [1.807, 2.05) is 20.8 Å². The lowest BCUT2D eigenvalue weighted by atomic mass is 9.90. The number of carboxylic acid groups (broad SMARTS) is 1. The first kappa shape index (κ1) is 26.3. The van der Waals surface area contributed by atoms with E-state index < -0.39 is 23.5 Å². The van der Waals surface area contributed by atoms with Gasteiger partial charge in [-0.25, -0.2) is 14.8 Å². The third-order valence-corrected chi connectivity index (χ3v) is 5.90. The Hall–Kier alpha value is -4.35. The largest absolute Gasteiger partial charge is 0.480 e. The third-order valence-electron chi connectivity index (χ3n) is 5.90. The van der Waals surface area contributed by atoms with E-state index in [4.69, 9.17) is 5.73 Å². The van der Waals surface area contributed by atoms with Crippen molar-refractivity contribution < 1.29 is 19.5 Å². The number of nitrogens with zero attached hydrogens (tertiary/aromatic N) is 3. The lowest BCUT2D eigenvalue weighted by Gasteiger charge is -2.17. The summed E-state index contributed by atoms with van der Waals surface area (Å²) in [6.45, 7) is 5.93. The van der Waals surface area contributed by atoms with Crippen LogP contribution in [-0.2, 0) is 16.1 Å². The standard InChI is InChI=1S/C24H29N7O5/c1-12(2)13(3)18(32)9-8-17(23(35)36)29-21(33)14-4-6-15(7-5-14)26-10-16-11-27-20-19(28-16)22(34)31-24(25)30-20/h4-7,11-13,17,26H,8-10H2,1-3H3,(H,29,33)(H,35,36)(H3,25,27,30,31,34). The Kier molecular flexibility index (Phi) is 8.30. The summed E-state index contributed by atoms with van der Waals surface area (Å²) in [6, 6.07) is 5.24. The van der Waals surface area contributed by atoms with Gasteiger partial charge in [-0.05, 0) is 36.6 Å². The second kappa shape index (κ2) is 11.4. The highest BCUT2D eigenvalue weighted by Gasteiger charge is 2.24. The summed E-state index contributed by atoms with van der Waals surface area (Å²) >= 11 is 0. The first-order valence-corrected chi connectivity index (χ1v) is 11.5. The van der Waals surface area contributed by atoms with Crippen molar-refractivity contribution in [2.45, 2.75) is 46.2 Å². The van der Waals surface area contributed by atoms with Crippen molar-refractivity contribution in [3.63, 3.8) is 0 Å². The van der Waals surface area contributed by atoms with E-state index in [0.29, 0.717) is 11.4 Å². The monoisotopic (exact) mass is 495 g/mol. The number of fused-ring (bicyclic) bond motifs is 1. The van der Waals surface area contributed by atoms with Gasteiger partial charge in [0.1, 0.15) is 11.8 Å². The lowest BCUT2D eigenvalue weighted by Crippen LogP contribution is -2.41. The van der Waals surface area contributed by atoms with Gasteiger partial charge in [-0.3, -0.25) is 19.4 Å². The second-order valence-electron chi connectivity index (χ2n) is 8.82. The highest BCUT2D eigenvalue weighted by Crippen LogP contribution is 2.16. The number of Topliss-reactive ketones (excluding diaryl/α,β-unsaturated/α-hetero) is 1. The molecule has 2 unspecified atom stereocenters. The number of aromatic nitrogens is 4. The number of nitrogens with one attached hydrogen (secondary N) is 3. The number of anilines is 2. The average Bonchev–Trinajstić information content (AvgIpc) is 2.84. The molecule has 1 aromatic carbocycles. The van der Waals surface area contributed by atoms with Gasteiger partial charge in [0.15, 0.2) is 11.2 Å². The summed E-state index contributed by atoms with van der Waals surface area (Å²) in [5, 5.41) is 15.1. The molecule has 0 saturated carbocycles. The molecule has 3 rings (SSSR count). The van der Waals surface area contributed by atoms with Gasteiger partial charge in [0, 0.05) is 23.6 Å². The molecule has 6 N–H and O–H groups in total. The minimum Gasteiger partial charge on any atom is -0.480 e. The quantitative estimate of drug-likeness (QED) is 0.261. The van der Waals surface area contributed by atoms with Gasteiger partial charge < -0.3 is 21.5 Å². The molecule has 0 aliphatic heterocycles. The number of carbonyl (C=O) groups is 3. The Morgan fingerprint density at radius 1 is 1.11 bits per heavy atom. The van der Waals surface area contributed by atoms with Crippen LogP contribution in [0.25, 0.3) is 11.2 Å². The molecule has 0 aliphatic rings. The molecule has 3 aromatic rings. The normalized spacial score (nSPS) is 12.8. The molecule has 0 bridgehead atoms. The van der Waals surface area contributed by atoms with E-state index in [2.05, 4.69) is 30.6 Å². The van der Waals surface area contributed by atoms with Crippen LogP contribution < -0.4 is 21.9 Å². The van der Waals surface area contributed by atoms with Crippen molar-refractivity contribution in [3.05, 3.63) is 52.1 Å². The Morgan fingerprint density at radius 3 is 2.44 bits per heavy atom. The second-order valence-corrected chi connectivity index (χ2v) is 8.82. The maximum absolute atomic E-state index is 12.6.